The molecule has 17 heavy (non-hydrogen) atoms. The predicted molar refractivity (Wildman–Crippen MR) is 67.6 cm³/mol. The predicted octanol–water partition coefficient (Wildman–Crippen LogP) is 1.86. The standard InChI is InChI=1S/C13H16N4/c1-9-15-10(2)17-13(16-9)8-7-11-5-3-4-6-12(11)14/h3-6H,7-8,14H2,1-2H3. The van der Waals surface area contributed by atoms with E-state index in [-0.39, 0.29) is 0 Å². The molecule has 0 bridgehead atoms. The van der Waals surface area contributed by atoms with Gasteiger partial charge in [0, 0.05) is 12.1 Å². The number of aromatic nitrogens is 3. The molecule has 2 aromatic rings. The molecule has 1 aromatic carbocycles. The molecule has 0 saturated heterocycles. The Morgan fingerprint density at radius 3 is 2.24 bits per heavy atom. The molecule has 0 unspecified atom stereocenters. The van der Waals surface area contributed by atoms with Crippen molar-refractivity contribution in [2.75, 3.05) is 5.73 Å². The molecular weight excluding hydrogens is 212 g/mol. The zero-order valence-electron chi connectivity index (χ0n) is 10.1. The summed E-state index contributed by atoms with van der Waals surface area (Å²) in [5.74, 6) is 2.38. The van der Waals surface area contributed by atoms with Crippen molar-refractivity contribution in [3.63, 3.8) is 0 Å². The summed E-state index contributed by atoms with van der Waals surface area (Å²) in [6.45, 7) is 3.77. The van der Waals surface area contributed by atoms with Crippen LogP contribution in [0.5, 0.6) is 0 Å². The third kappa shape index (κ3) is 3.00. The van der Waals surface area contributed by atoms with Gasteiger partial charge in [-0.05, 0) is 31.9 Å². The molecule has 88 valence electrons. The number of aryl methyl sites for hydroxylation is 4. The zero-order chi connectivity index (χ0) is 12.3. The fourth-order valence-corrected chi connectivity index (χ4v) is 1.80. The summed E-state index contributed by atoms with van der Waals surface area (Å²) >= 11 is 0. The number of nitrogens with two attached hydrogens (primary N) is 1. The van der Waals surface area contributed by atoms with Crippen molar-refractivity contribution in [2.45, 2.75) is 26.7 Å². The van der Waals surface area contributed by atoms with Crippen molar-refractivity contribution in [3.8, 4) is 0 Å². The van der Waals surface area contributed by atoms with Gasteiger partial charge in [0.1, 0.15) is 17.5 Å². The highest BCUT2D eigenvalue weighted by Gasteiger charge is 2.03. The average molecular weight is 228 g/mol. The third-order valence-corrected chi connectivity index (χ3v) is 2.58. The quantitative estimate of drug-likeness (QED) is 0.814. The van der Waals surface area contributed by atoms with Crippen molar-refractivity contribution >= 4 is 5.69 Å². The minimum atomic E-state index is 0.772. The molecule has 0 aliphatic carbocycles. The summed E-state index contributed by atoms with van der Waals surface area (Å²) < 4.78 is 0. The molecule has 0 aliphatic heterocycles. The SMILES string of the molecule is Cc1nc(C)nc(CCc2ccccc2N)n1. The van der Waals surface area contributed by atoms with Gasteiger partial charge in [0.15, 0.2) is 0 Å². The summed E-state index contributed by atoms with van der Waals surface area (Å²) in [6, 6.07) is 7.89. The number of hydrogen-bond acceptors (Lipinski definition) is 4. The fourth-order valence-electron chi connectivity index (χ4n) is 1.80. The van der Waals surface area contributed by atoms with Gasteiger partial charge in [0.25, 0.3) is 0 Å². The summed E-state index contributed by atoms with van der Waals surface area (Å²) in [6.07, 6.45) is 1.65. The van der Waals surface area contributed by atoms with Gasteiger partial charge in [-0.15, -0.1) is 0 Å². The summed E-state index contributed by atoms with van der Waals surface area (Å²) in [4.78, 5) is 12.8. The van der Waals surface area contributed by atoms with Crippen molar-refractivity contribution in [1.82, 2.24) is 15.0 Å². The number of hydrogen-bond donors (Lipinski definition) is 1. The first-order chi connectivity index (χ1) is 8.15. The Bertz CT molecular complexity index is 502. The lowest BCUT2D eigenvalue weighted by molar-refractivity contribution is 0.794. The summed E-state index contributed by atoms with van der Waals surface area (Å²) in [5.41, 5.74) is 7.86. The normalized spacial score (nSPS) is 10.5. The molecule has 0 spiro atoms. The first-order valence-electron chi connectivity index (χ1n) is 5.66. The first-order valence-corrected chi connectivity index (χ1v) is 5.66. The monoisotopic (exact) mass is 228 g/mol. The molecule has 0 fully saturated rings. The van der Waals surface area contributed by atoms with Gasteiger partial charge in [-0.2, -0.15) is 0 Å². The second-order valence-corrected chi connectivity index (χ2v) is 4.04. The second kappa shape index (κ2) is 4.91. The maximum atomic E-state index is 5.89. The fraction of sp³-hybridized carbons (Fsp3) is 0.308. The Hall–Kier alpha value is -1.97. The molecule has 0 aliphatic rings. The van der Waals surface area contributed by atoms with Crippen molar-refractivity contribution in [2.24, 2.45) is 0 Å². The Labute approximate surface area is 101 Å². The van der Waals surface area contributed by atoms with Gasteiger partial charge in [0.2, 0.25) is 0 Å². The largest absolute Gasteiger partial charge is 0.399 e. The summed E-state index contributed by atoms with van der Waals surface area (Å²) in [7, 11) is 0. The molecule has 0 saturated carbocycles. The maximum Gasteiger partial charge on any atom is 0.132 e. The topological polar surface area (TPSA) is 64.7 Å². The first kappa shape index (κ1) is 11.5. The van der Waals surface area contributed by atoms with Crippen molar-refractivity contribution < 1.29 is 0 Å². The zero-order valence-corrected chi connectivity index (χ0v) is 10.1. The summed E-state index contributed by atoms with van der Waals surface area (Å²) in [5, 5.41) is 0. The molecule has 0 amide bonds. The Morgan fingerprint density at radius 1 is 0.941 bits per heavy atom. The number of anilines is 1. The van der Waals surface area contributed by atoms with E-state index in [9.17, 15) is 0 Å². The van der Waals surface area contributed by atoms with E-state index >= 15 is 0 Å². The van der Waals surface area contributed by atoms with Gasteiger partial charge in [-0.25, -0.2) is 15.0 Å². The number of nitrogens with zero attached hydrogens (tertiary/aromatic N) is 3. The van der Waals surface area contributed by atoms with E-state index in [1.807, 2.05) is 38.1 Å². The number of rotatable bonds is 3. The van der Waals surface area contributed by atoms with Gasteiger partial charge >= 0.3 is 0 Å². The highest BCUT2D eigenvalue weighted by molar-refractivity contribution is 5.46. The minimum Gasteiger partial charge on any atom is -0.399 e. The van der Waals surface area contributed by atoms with Crippen LogP contribution in [0.1, 0.15) is 23.0 Å². The van der Waals surface area contributed by atoms with Crippen LogP contribution >= 0.6 is 0 Å². The van der Waals surface area contributed by atoms with E-state index in [4.69, 9.17) is 5.73 Å². The molecule has 0 radical (unpaired) electrons. The van der Waals surface area contributed by atoms with Crippen LogP contribution in [-0.2, 0) is 12.8 Å². The van der Waals surface area contributed by atoms with Gasteiger partial charge in [-0.3, -0.25) is 0 Å². The number of benzene rings is 1. The van der Waals surface area contributed by atoms with E-state index in [0.29, 0.717) is 0 Å². The average Bonchev–Trinajstić information content (AvgIpc) is 2.27. The van der Waals surface area contributed by atoms with Crippen LogP contribution in [0.25, 0.3) is 0 Å². The lowest BCUT2D eigenvalue weighted by atomic mass is 10.1. The third-order valence-electron chi connectivity index (χ3n) is 2.58. The molecule has 4 heteroatoms. The van der Waals surface area contributed by atoms with Gasteiger partial charge in [-0.1, -0.05) is 18.2 Å². The minimum absolute atomic E-state index is 0.772. The van der Waals surface area contributed by atoms with Crippen molar-refractivity contribution in [1.29, 1.82) is 0 Å². The second-order valence-electron chi connectivity index (χ2n) is 4.04. The van der Waals surface area contributed by atoms with Crippen LogP contribution in [0.2, 0.25) is 0 Å². The maximum absolute atomic E-state index is 5.89. The number of para-hydroxylation sites is 1. The molecule has 2 rings (SSSR count). The van der Waals surface area contributed by atoms with E-state index in [1.165, 1.54) is 0 Å². The molecular formula is C13H16N4. The molecule has 0 atom stereocenters. The van der Waals surface area contributed by atoms with E-state index in [2.05, 4.69) is 15.0 Å². The highest BCUT2D eigenvalue weighted by Crippen LogP contribution is 2.12. The molecule has 1 heterocycles. The van der Waals surface area contributed by atoms with E-state index in [1.54, 1.807) is 0 Å². The lowest BCUT2D eigenvalue weighted by Gasteiger charge is -2.05. The Balaban J connectivity index is 2.10. The van der Waals surface area contributed by atoms with Crippen LogP contribution in [0, 0.1) is 13.8 Å². The highest BCUT2D eigenvalue weighted by atomic mass is 15.0. The van der Waals surface area contributed by atoms with Crippen molar-refractivity contribution in [3.05, 3.63) is 47.3 Å². The molecule has 2 N–H and O–H groups in total. The molecule has 1 aromatic heterocycles. The lowest BCUT2D eigenvalue weighted by Crippen LogP contribution is -2.05. The van der Waals surface area contributed by atoms with E-state index in [0.717, 1.165) is 41.6 Å². The number of nitrogen functional groups attached to an aromatic ring is 1. The molecule has 4 nitrogen and oxygen atoms in total. The van der Waals surface area contributed by atoms with Crippen LogP contribution in [-0.4, -0.2) is 15.0 Å². The smallest absolute Gasteiger partial charge is 0.132 e. The van der Waals surface area contributed by atoms with Crippen LogP contribution in [0.15, 0.2) is 24.3 Å². The van der Waals surface area contributed by atoms with Crippen LogP contribution in [0.4, 0.5) is 5.69 Å². The van der Waals surface area contributed by atoms with Gasteiger partial charge in [0.05, 0.1) is 0 Å². The Kier molecular flexibility index (Phi) is 3.32. The van der Waals surface area contributed by atoms with E-state index < -0.39 is 0 Å². The van der Waals surface area contributed by atoms with Crippen LogP contribution < -0.4 is 5.73 Å². The van der Waals surface area contributed by atoms with Crippen LogP contribution in [0.3, 0.4) is 0 Å². The van der Waals surface area contributed by atoms with Gasteiger partial charge < -0.3 is 5.73 Å². The Morgan fingerprint density at radius 2 is 1.59 bits per heavy atom.